The predicted molar refractivity (Wildman–Crippen MR) is 72.4 cm³/mol. The van der Waals surface area contributed by atoms with E-state index >= 15 is 0 Å². The molecule has 2 aromatic rings. The molecule has 0 saturated carbocycles. The van der Waals surface area contributed by atoms with E-state index in [1.807, 2.05) is 6.07 Å². The van der Waals surface area contributed by atoms with Gasteiger partial charge in [0.2, 0.25) is 0 Å². The third kappa shape index (κ3) is 2.57. The first-order chi connectivity index (χ1) is 9.74. The summed E-state index contributed by atoms with van der Waals surface area (Å²) >= 11 is 1.33. The third-order valence-electron chi connectivity index (χ3n) is 2.77. The van der Waals surface area contributed by atoms with Crippen LogP contribution in [0.5, 0.6) is 11.5 Å². The number of hydrogen-bond donors (Lipinski definition) is 0. The molecule has 1 aromatic heterocycles. The lowest BCUT2D eigenvalue weighted by atomic mass is 10.2. The number of hydrogen-bond acceptors (Lipinski definition) is 6. The summed E-state index contributed by atoms with van der Waals surface area (Å²) in [6.45, 7) is 0.857. The van der Waals surface area contributed by atoms with E-state index in [0.29, 0.717) is 35.4 Å². The van der Waals surface area contributed by atoms with Gasteiger partial charge in [-0.15, -0.1) is 11.8 Å². The van der Waals surface area contributed by atoms with Gasteiger partial charge in [-0.05, 0) is 12.1 Å². The lowest BCUT2D eigenvalue weighted by Gasteiger charge is -2.18. The zero-order chi connectivity index (χ0) is 13.9. The van der Waals surface area contributed by atoms with Gasteiger partial charge < -0.3 is 13.9 Å². The van der Waals surface area contributed by atoms with Gasteiger partial charge in [-0.1, -0.05) is 0 Å². The number of fused-ring (bicyclic) bond motifs is 1. The van der Waals surface area contributed by atoms with E-state index in [9.17, 15) is 10.1 Å². The van der Waals surface area contributed by atoms with Crippen LogP contribution in [0.2, 0.25) is 0 Å². The van der Waals surface area contributed by atoms with Crippen molar-refractivity contribution in [1.29, 1.82) is 0 Å². The van der Waals surface area contributed by atoms with Crippen molar-refractivity contribution in [3.63, 3.8) is 0 Å². The molecule has 104 valence electrons. The fraction of sp³-hybridized carbons (Fsp3) is 0.231. The van der Waals surface area contributed by atoms with Crippen molar-refractivity contribution < 1.29 is 18.8 Å². The van der Waals surface area contributed by atoms with E-state index in [-0.39, 0.29) is 5.69 Å². The Morgan fingerprint density at radius 1 is 1.25 bits per heavy atom. The minimum absolute atomic E-state index is 0.0193. The Morgan fingerprint density at radius 3 is 2.65 bits per heavy atom. The molecule has 0 spiro atoms. The fourth-order valence-corrected chi connectivity index (χ4v) is 2.80. The zero-order valence-corrected chi connectivity index (χ0v) is 11.2. The third-order valence-corrected chi connectivity index (χ3v) is 3.84. The Balaban J connectivity index is 1.89. The summed E-state index contributed by atoms with van der Waals surface area (Å²) < 4.78 is 16.0. The maximum atomic E-state index is 11.1. The fourth-order valence-electron chi connectivity index (χ4n) is 1.86. The van der Waals surface area contributed by atoms with Crippen molar-refractivity contribution in [3.05, 3.63) is 46.4 Å². The summed E-state index contributed by atoms with van der Waals surface area (Å²) in [7, 11) is 0. The first-order valence-corrected chi connectivity index (χ1v) is 6.96. The van der Waals surface area contributed by atoms with Gasteiger partial charge in [0.05, 0.1) is 27.9 Å². The Morgan fingerprint density at radius 2 is 2.00 bits per heavy atom. The van der Waals surface area contributed by atoms with Crippen molar-refractivity contribution in [3.8, 4) is 11.5 Å². The summed E-state index contributed by atoms with van der Waals surface area (Å²) in [6.07, 6.45) is 1.58. The van der Waals surface area contributed by atoms with Crippen LogP contribution in [-0.4, -0.2) is 18.1 Å². The molecule has 0 unspecified atom stereocenters. The quantitative estimate of drug-likeness (QED) is 0.489. The molecule has 0 aliphatic carbocycles. The lowest BCUT2D eigenvalue weighted by Crippen LogP contribution is -2.15. The predicted octanol–water partition coefficient (Wildman–Crippen LogP) is 3.25. The van der Waals surface area contributed by atoms with Crippen molar-refractivity contribution in [1.82, 2.24) is 0 Å². The minimum Gasteiger partial charge on any atom is -0.486 e. The molecular weight excluding hydrogens is 282 g/mol. The lowest BCUT2D eigenvalue weighted by molar-refractivity contribution is -0.387. The Bertz CT molecular complexity index is 626. The van der Waals surface area contributed by atoms with Gasteiger partial charge in [0.1, 0.15) is 19.0 Å². The average Bonchev–Trinajstić information content (AvgIpc) is 2.97. The van der Waals surface area contributed by atoms with Crippen LogP contribution in [-0.2, 0) is 5.75 Å². The zero-order valence-electron chi connectivity index (χ0n) is 10.4. The largest absolute Gasteiger partial charge is 0.486 e. The highest BCUT2D eigenvalue weighted by atomic mass is 32.2. The van der Waals surface area contributed by atoms with Crippen LogP contribution in [0.3, 0.4) is 0 Å². The molecule has 0 atom stereocenters. The van der Waals surface area contributed by atoms with Crippen LogP contribution in [0.25, 0.3) is 0 Å². The maximum absolute atomic E-state index is 11.1. The van der Waals surface area contributed by atoms with Crippen LogP contribution < -0.4 is 9.47 Å². The van der Waals surface area contributed by atoms with Gasteiger partial charge in [-0.3, -0.25) is 10.1 Å². The summed E-state index contributed by atoms with van der Waals surface area (Å²) in [5, 5.41) is 11.1. The summed E-state index contributed by atoms with van der Waals surface area (Å²) in [5.74, 6) is 2.25. The Hall–Kier alpha value is -2.15. The maximum Gasteiger partial charge on any atom is 0.286 e. The highest BCUT2D eigenvalue weighted by Gasteiger charge is 2.22. The second-order valence-corrected chi connectivity index (χ2v) is 5.11. The summed E-state index contributed by atoms with van der Waals surface area (Å²) in [4.78, 5) is 11.3. The molecule has 1 aromatic carbocycles. The van der Waals surface area contributed by atoms with Crippen molar-refractivity contribution in [2.45, 2.75) is 10.6 Å². The van der Waals surface area contributed by atoms with E-state index in [2.05, 4.69) is 0 Å². The molecule has 2 heterocycles. The number of thioether (sulfide) groups is 1. The molecule has 0 N–H and O–H groups in total. The molecule has 7 heteroatoms. The molecule has 0 saturated heterocycles. The number of ether oxygens (including phenoxy) is 2. The molecule has 6 nitrogen and oxygen atoms in total. The van der Waals surface area contributed by atoms with E-state index in [0.717, 1.165) is 5.76 Å². The number of nitrogens with zero attached hydrogens (tertiary/aromatic N) is 1. The molecule has 20 heavy (non-hydrogen) atoms. The summed E-state index contributed by atoms with van der Waals surface area (Å²) in [6, 6.07) is 6.68. The normalized spacial score (nSPS) is 13.2. The SMILES string of the molecule is O=[N+]([O-])c1cc2c(cc1SCc1ccco1)OCCO2. The number of rotatable bonds is 4. The molecule has 0 fully saturated rings. The number of furan rings is 1. The number of nitro benzene ring substituents is 1. The Kier molecular flexibility index (Phi) is 3.51. The molecule has 1 aliphatic rings. The van der Waals surface area contributed by atoms with Gasteiger partial charge in [0.25, 0.3) is 5.69 Å². The van der Waals surface area contributed by atoms with Crippen molar-refractivity contribution >= 4 is 17.4 Å². The molecule has 0 amide bonds. The van der Waals surface area contributed by atoms with Crippen LogP contribution in [0.15, 0.2) is 39.8 Å². The molecular formula is C13H11NO5S. The highest BCUT2D eigenvalue weighted by Crippen LogP contribution is 2.41. The summed E-state index contributed by atoms with van der Waals surface area (Å²) in [5.41, 5.74) is 0.0193. The Labute approximate surface area is 118 Å². The van der Waals surface area contributed by atoms with Crippen LogP contribution in [0.4, 0.5) is 5.69 Å². The highest BCUT2D eigenvalue weighted by molar-refractivity contribution is 7.98. The topological polar surface area (TPSA) is 74.7 Å². The van der Waals surface area contributed by atoms with Gasteiger partial charge in [-0.25, -0.2) is 0 Å². The number of nitro groups is 1. The van der Waals surface area contributed by atoms with Crippen molar-refractivity contribution in [2.75, 3.05) is 13.2 Å². The van der Waals surface area contributed by atoms with Gasteiger partial charge in [-0.2, -0.15) is 0 Å². The first kappa shape index (κ1) is 12.9. The molecule has 1 aliphatic heterocycles. The second-order valence-electron chi connectivity index (χ2n) is 4.09. The monoisotopic (exact) mass is 293 g/mol. The van der Waals surface area contributed by atoms with E-state index in [1.54, 1.807) is 18.4 Å². The number of benzene rings is 1. The molecule has 0 radical (unpaired) electrons. The van der Waals surface area contributed by atoms with E-state index < -0.39 is 4.92 Å². The van der Waals surface area contributed by atoms with Crippen LogP contribution in [0, 0.1) is 10.1 Å². The van der Waals surface area contributed by atoms with E-state index in [1.165, 1.54) is 17.8 Å². The van der Waals surface area contributed by atoms with E-state index in [4.69, 9.17) is 13.9 Å². The van der Waals surface area contributed by atoms with Gasteiger partial charge in [0, 0.05) is 6.07 Å². The van der Waals surface area contributed by atoms with Crippen LogP contribution >= 0.6 is 11.8 Å². The second kappa shape index (κ2) is 5.46. The smallest absolute Gasteiger partial charge is 0.286 e. The van der Waals surface area contributed by atoms with Crippen molar-refractivity contribution in [2.24, 2.45) is 0 Å². The first-order valence-electron chi connectivity index (χ1n) is 5.97. The standard InChI is InChI=1S/C13H11NO5S/c15-14(16)10-6-11-12(19-5-4-18-11)7-13(10)20-8-9-2-1-3-17-9/h1-3,6-7H,4-5,8H2. The minimum atomic E-state index is -0.414. The molecule has 0 bridgehead atoms. The molecule has 3 rings (SSSR count). The van der Waals surface area contributed by atoms with Crippen LogP contribution in [0.1, 0.15) is 5.76 Å². The van der Waals surface area contributed by atoms with Gasteiger partial charge in [0.15, 0.2) is 11.5 Å². The average molecular weight is 293 g/mol. The van der Waals surface area contributed by atoms with Gasteiger partial charge >= 0.3 is 0 Å².